The number of anilines is 1. The summed E-state index contributed by atoms with van der Waals surface area (Å²) in [5.41, 5.74) is 1.70. The standard InChI is InChI=1S/C21H26N6O2.HI/c1-2-22-21(23-10-5-12-27-13-6-11-25-27)24-16-17-7-3-8-18(15-17)26-20(28)19-9-4-14-29-19;/h3-4,6-9,11,13-15H,2,5,10,12,16H2,1H3,(H,26,28)(H2,22,23,24);1H. The highest BCUT2D eigenvalue weighted by molar-refractivity contribution is 14.0. The highest BCUT2D eigenvalue weighted by Gasteiger charge is 2.08. The highest BCUT2D eigenvalue weighted by atomic mass is 127. The number of rotatable bonds is 9. The number of aryl methyl sites for hydroxylation is 1. The predicted octanol–water partition coefficient (Wildman–Crippen LogP) is 3.49. The Morgan fingerprint density at radius 3 is 2.83 bits per heavy atom. The molecule has 8 nitrogen and oxygen atoms in total. The number of carbonyl (C=O) groups excluding carboxylic acids is 1. The van der Waals surface area contributed by atoms with Gasteiger partial charge in [0.15, 0.2) is 11.7 Å². The molecule has 0 aliphatic heterocycles. The zero-order chi connectivity index (χ0) is 20.3. The van der Waals surface area contributed by atoms with Crippen molar-refractivity contribution in [2.24, 2.45) is 4.99 Å². The van der Waals surface area contributed by atoms with E-state index in [0.717, 1.165) is 37.6 Å². The molecule has 160 valence electrons. The number of aliphatic imine (C=N–C) groups is 1. The molecule has 3 aromatic rings. The van der Waals surface area contributed by atoms with Gasteiger partial charge in [-0.2, -0.15) is 5.10 Å². The summed E-state index contributed by atoms with van der Waals surface area (Å²) in [6.07, 6.45) is 6.16. The zero-order valence-corrected chi connectivity index (χ0v) is 19.2. The fourth-order valence-corrected chi connectivity index (χ4v) is 2.74. The zero-order valence-electron chi connectivity index (χ0n) is 16.9. The van der Waals surface area contributed by atoms with Gasteiger partial charge in [0, 0.05) is 37.7 Å². The quantitative estimate of drug-likeness (QED) is 0.173. The first-order chi connectivity index (χ1) is 14.2. The maximum Gasteiger partial charge on any atom is 0.291 e. The Labute approximate surface area is 193 Å². The number of carbonyl (C=O) groups is 1. The molecule has 0 radical (unpaired) electrons. The molecule has 9 heteroatoms. The van der Waals surface area contributed by atoms with E-state index in [1.807, 2.05) is 48.1 Å². The van der Waals surface area contributed by atoms with E-state index < -0.39 is 0 Å². The largest absolute Gasteiger partial charge is 0.459 e. The normalized spacial score (nSPS) is 10.9. The molecule has 0 saturated carbocycles. The second-order valence-corrected chi connectivity index (χ2v) is 6.38. The van der Waals surface area contributed by atoms with Crippen LogP contribution < -0.4 is 16.0 Å². The molecular formula is C21H27IN6O2. The van der Waals surface area contributed by atoms with Crippen molar-refractivity contribution in [1.29, 1.82) is 0 Å². The minimum atomic E-state index is -0.275. The summed E-state index contributed by atoms with van der Waals surface area (Å²) in [5.74, 6) is 0.767. The lowest BCUT2D eigenvalue weighted by atomic mass is 10.2. The number of amides is 1. The van der Waals surface area contributed by atoms with Crippen LogP contribution in [-0.2, 0) is 13.1 Å². The third-order valence-corrected chi connectivity index (χ3v) is 4.11. The van der Waals surface area contributed by atoms with Crippen LogP contribution in [0.1, 0.15) is 29.5 Å². The molecule has 0 aliphatic carbocycles. The number of nitrogens with zero attached hydrogens (tertiary/aromatic N) is 3. The van der Waals surface area contributed by atoms with E-state index in [1.165, 1.54) is 6.26 Å². The second kappa shape index (κ2) is 12.7. The van der Waals surface area contributed by atoms with E-state index in [4.69, 9.17) is 4.42 Å². The van der Waals surface area contributed by atoms with Gasteiger partial charge in [0.2, 0.25) is 0 Å². The van der Waals surface area contributed by atoms with Crippen LogP contribution in [-0.4, -0.2) is 34.7 Å². The first kappa shape index (κ1) is 23.5. The third-order valence-electron chi connectivity index (χ3n) is 4.11. The van der Waals surface area contributed by atoms with E-state index in [9.17, 15) is 4.79 Å². The lowest BCUT2D eigenvalue weighted by Gasteiger charge is -2.11. The van der Waals surface area contributed by atoms with Crippen molar-refractivity contribution in [2.75, 3.05) is 18.4 Å². The minimum absolute atomic E-state index is 0. The van der Waals surface area contributed by atoms with Gasteiger partial charge in [-0.1, -0.05) is 12.1 Å². The number of guanidine groups is 1. The van der Waals surface area contributed by atoms with E-state index in [-0.39, 0.29) is 35.6 Å². The minimum Gasteiger partial charge on any atom is -0.459 e. The van der Waals surface area contributed by atoms with E-state index in [0.29, 0.717) is 12.2 Å². The Morgan fingerprint density at radius 2 is 2.10 bits per heavy atom. The van der Waals surface area contributed by atoms with Gasteiger partial charge in [-0.15, -0.1) is 24.0 Å². The van der Waals surface area contributed by atoms with Gasteiger partial charge in [0.25, 0.3) is 5.91 Å². The third kappa shape index (κ3) is 7.54. The predicted molar refractivity (Wildman–Crippen MR) is 128 cm³/mol. The van der Waals surface area contributed by atoms with Crippen molar-refractivity contribution in [2.45, 2.75) is 26.4 Å². The molecule has 30 heavy (non-hydrogen) atoms. The Balaban J connectivity index is 0.00000320. The summed E-state index contributed by atoms with van der Waals surface area (Å²) >= 11 is 0. The average molecular weight is 522 g/mol. The van der Waals surface area contributed by atoms with Crippen molar-refractivity contribution in [3.05, 3.63) is 72.4 Å². The molecule has 2 aromatic heterocycles. The average Bonchev–Trinajstić information content (AvgIpc) is 3.44. The molecule has 1 amide bonds. The summed E-state index contributed by atoms with van der Waals surface area (Å²) in [4.78, 5) is 16.7. The smallest absolute Gasteiger partial charge is 0.291 e. The summed E-state index contributed by atoms with van der Waals surface area (Å²) in [6.45, 7) is 4.97. The fourth-order valence-electron chi connectivity index (χ4n) is 2.74. The van der Waals surface area contributed by atoms with Crippen LogP contribution in [0, 0.1) is 0 Å². The van der Waals surface area contributed by atoms with Crippen molar-refractivity contribution in [3.63, 3.8) is 0 Å². The highest BCUT2D eigenvalue weighted by Crippen LogP contribution is 2.13. The molecule has 0 spiro atoms. The molecule has 0 fully saturated rings. The van der Waals surface area contributed by atoms with Gasteiger partial charge in [-0.3, -0.25) is 9.48 Å². The molecule has 0 aliphatic rings. The molecule has 3 N–H and O–H groups in total. The summed E-state index contributed by atoms with van der Waals surface area (Å²) in [6, 6.07) is 12.9. The van der Waals surface area contributed by atoms with Crippen molar-refractivity contribution in [1.82, 2.24) is 20.4 Å². The number of halogens is 1. The van der Waals surface area contributed by atoms with Gasteiger partial charge >= 0.3 is 0 Å². The number of hydrogen-bond acceptors (Lipinski definition) is 4. The number of furan rings is 1. The van der Waals surface area contributed by atoms with Crippen molar-refractivity contribution < 1.29 is 9.21 Å². The summed E-state index contributed by atoms with van der Waals surface area (Å²) in [5, 5.41) is 13.6. The van der Waals surface area contributed by atoms with Gasteiger partial charge in [-0.25, -0.2) is 4.99 Å². The van der Waals surface area contributed by atoms with Gasteiger partial charge < -0.3 is 20.4 Å². The number of hydrogen-bond donors (Lipinski definition) is 3. The van der Waals surface area contributed by atoms with Crippen LogP contribution in [0.2, 0.25) is 0 Å². The number of aromatic nitrogens is 2. The molecule has 0 unspecified atom stereocenters. The molecule has 0 saturated heterocycles. The van der Waals surface area contributed by atoms with Gasteiger partial charge in [0.1, 0.15) is 0 Å². The maximum absolute atomic E-state index is 12.1. The summed E-state index contributed by atoms with van der Waals surface area (Å²) in [7, 11) is 0. The molecular weight excluding hydrogens is 495 g/mol. The van der Waals surface area contributed by atoms with Gasteiger partial charge in [-0.05, 0) is 49.2 Å². The topological polar surface area (TPSA) is 96.5 Å². The van der Waals surface area contributed by atoms with E-state index in [2.05, 4.69) is 26.0 Å². The lowest BCUT2D eigenvalue weighted by Crippen LogP contribution is -2.38. The number of nitrogens with one attached hydrogen (secondary N) is 3. The van der Waals surface area contributed by atoms with Crippen molar-refractivity contribution in [3.8, 4) is 0 Å². The number of benzene rings is 1. The Hall–Kier alpha value is -2.82. The monoisotopic (exact) mass is 522 g/mol. The SMILES string of the molecule is CCNC(=NCc1cccc(NC(=O)c2ccco2)c1)NCCCn1cccn1.I. The van der Waals surface area contributed by atoms with Crippen LogP contribution >= 0.6 is 24.0 Å². The molecule has 3 rings (SSSR count). The molecule has 0 bridgehead atoms. The lowest BCUT2D eigenvalue weighted by molar-refractivity contribution is 0.0996. The Bertz CT molecular complexity index is 909. The summed E-state index contributed by atoms with van der Waals surface area (Å²) < 4.78 is 7.03. The second-order valence-electron chi connectivity index (χ2n) is 6.38. The molecule has 0 atom stereocenters. The van der Waals surface area contributed by atoms with Gasteiger partial charge in [0.05, 0.1) is 12.8 Å². The fraction of sp³-hybridized carbons (Fsp3) is 0.286. The van der Waals surface area contributed by atoms with Crippen LogP contribution in [0.4, 0.5) is 5.69 Å². The first-order valence-corrected chi connectivity index (χ1v) is 9.68. The molecule has 2 heterocycles. The first-order valence-electron chi connectivity index (χ1n) is 9.68. The van der Waals surface area contributed by atoms with Crippen LogP contribution in [0.5, 0.6) is 0 Å². The van der Waals surface area contributed by atoms with Crippen LogP contribution in [0.25, 0.3) is 0 Å². The Kier molecular flexibility index (Phi) is 9.92. The van der Waals surface area contributed by atoms with Crippen molar-refractivity contribution >= 4 is 41.5 Å². The van der Waals surface area contributed by atoms with E-state index in [1.54, 1.807) is 18.3 Å². The molecule has 1 aromatic carbocycles. The maximum atomic E-state index is 12.1. The Morgan fingerprint density at radius 1 is 1.20 bits per heavy atom. The van der Waals surface area contributed by atoms with Crippen LogP contribution in [0.15, 0.2) is 70.5 Å². The van der Waals surface area contributed by atoms with Crippen LogP contribution in [0.3, 0.4) is 0 Å². The van der Waals surface area contributed by atoms with E-state index >= 15 is 0 Å².